The molecule has 0 bridgehead atoms. The third kappa shape index (κ3) is 5.96. The molecular weight excluding hydrogens is 342 g/mol. The number of rotatable bonds is 7. The van der Waals surface area contributed by atoms with Gasteiger partial charge >= 0.3 is 5.97 Å². The lowest BCUT2D eigenvalue weighted by atomic mass is 10.3. The molecule has 0 unspecified atom stereocenters. The zero-order chi connectivity index (χ0) is 18.2. The van der Waals surface area contributed by atoms with Gasteiger partial charge in [0.2, 0.25) is 11.0 Å². The van der Waals surface area contributed by atoms with Gasteiger partial charge in [-0.15, -0.1) is 21.6 Å². The number of carbonyl (C=O) groups excluding carboxylic acids is 2. The third-order valence-electron chi connectivity index (χ3n) is 3.16. The maximum atomic E-state index is 11.7. The highest BCUT2D eigenvalue weighted by molar-refractivity contribution is 7.13. The Bertz CT molecular complexity index is 755. The number of anilines is 1. The highest BCUT2D eigenvalue weighted by atomic mass is 32.1. The summed E-state index contributed by atoms with van der Waals surface area (Å²) in [6, 6.07) is 7.64. The molecule has 0 aliphatic rings. The topological polar surface area (TPSA) is 96.2 Å². The van der Waals surface area contributed by atoms with Crippen LogP contribution in [0.4, 0.5) is 16.5 Å². The second kappa shape index (κ2) is 8.88. The fourth-order valence-corrected chi connectivity index (χ4v) is 2.45. The van der Waals surface area contributed by atoms with E-state index in [-0.39, 0.29) is 18.9 Å². The summed E-state index contributed by atoms with van der Waals surface area (Å²) in [6.07, 6.45) is 0.0700. The maximum Gasteiger partial charge on any atom is 0.325 e. The predicted octanol–water partition coefficient (Wildman–Crippen LogP) is 2.46. The van der Waals surface area contributed by atoms with E-state index in [1.807, 2.05) is 43.3 Å². The van der Waals surface area contributed by atoms with Crippen LogP contribution >= 0.6 is 11.3 Å². The summed E-state index contributed by atoms with van der Waals surface area (Å²) < 4.78 is 4.45. The lowest BCUT2D eigenvalue weighted by Crippen LogP contribution is -2.31. The molecule has 2 rings (SSSR count). The Balaban J connectivity index is 1.90. The van der Waals surface area contributed by atoms with Gasteiger partial charge in [0.1, 0.15) is 6.54 Å². The average molecular weight is 361 g/mol. The molecular formula is C16H19N5O3S. The first-order chi connectivity index (χ1) is 12.0. The average Bonchev–Trinajstić information content (AvgIpc) is 3.05. The Kier molecular flexibility index (Phi) is 6.58. The van der Waals surface area contributed by atoms with Crippen molar-refractivity contribution in [3.8, 4) is 0 Å². The van der Waals surface area contributed by atoms with Crippen LogP contribution in [-0.2, 0) is 20.7 Å². The van der Waals surface area contributed by atoms with E-state index in [9.17, 15) is 9.59 Å². The number of nitrogens with one attached hydrogen (secondary N) is 1. The second-order valence-electron chi connectivity index (χ2n) is 5.26. The fourth-order valence-electron chi connectivity index (χ4n) is 1.81. The number of aromatic nitrogens is 1. The van der Waals surface area contributed by atoms with E-state index in [1.54, 1.807) is 5.38 Å². The van der Waals surface area contributed by atoms with Crippen molar-refractivity contribution in [2.24, 2.45) is 10.2 Å². The van der Waals surface area contributed by atoms with E-state index < -0.39 is 5.97 Å². The molecule has 25 heavy (non-hydrogen) atoms. The van der Waals surface area contributed by atoms with Crippen molar-refractivity contribution in [3.63, 3.8) is 0 Å². The van der Waals surface area contributed by atoms with Crippen LogP contribution in [-0.4, -0.2) is 44.6 Å². The highest BCUT2D eigenvalue weighted by Crippen LogP contribution is 2.23. The van der Waals surface area contributed by atoms with Crippen LogP contribution in [0.3, 0.4) is 0 Å². The summed E-state index contributed by atoms with van der Waals surface area (Å²) in [4.78, 5) is 28.9. The minimum absolute atomic E-state index is 0.0700. The zero-order valence-corrected chi connectivity index (χ0v) is 15.0. The van der Waals surface area contributed by atoms with E-state index in [1.165, 1.54) is 18.4 Å². The summed E-state index contributed by atoms with van der Waals surface area (Å²) in [7, 11) is 5.20. The van der Waals surface area contributed by atoms with Crippen molar-refractivity contribution in [3.05, 3.63) is 35.3 Å². The van der Waals surface area contributed by atoms with Crippen LogP contribution in [0.1, 0.15) is 5.69 Å². The minimum Gasteiger partial charge on any atom is -0.468 e. The molecule has 1 aromatic carbocycles. The first-order valence-electron chi connectivity index (χ1n) is 7.45. The number of azo groups is 1. The molecule has 1 aromatic heterocycles. The second-order valence-corrected chi connectivity index (χ2v) is 6.10. The fraction of sp³-hybridized carbons (Fsp3) is 0.312. The van der Waals surface area contributed by atoms with Crippen molar-refractivity contribution in [2.75, 3.05) is 32.6 Å². The zero-order valence-electron chi connectivity index (χ0n) is 14.2. The quantitative estimate of drug-likeness (QED) is 0.604. The van der Waals surface area contributed by atoms with Gasteiger partial charge in [-0.3, -0.25) is 9.59 Å². The van der Waals surface area contributed by atoms with Crippen LogP contribution in [0.2, 0.25) is 0 Å². The van der Waals surface area contributed by atoms with Crippen LogP contribution in [0.5, 0.6) is 0 Å². The molecule has 0 saturated carbocycles. The number of carbonyl (C=O) groups is 2. The lowest BCUT2D eigenvalue weighted by molar-refractivity contribution is -0.141. The third-order valence-corrected chi connectivity index (χ3v) is 3.93. The molecule has 1 N–H and O–H groups in total. The van der Waals surface area contributed by atoms with Crippen molar-refractivity contribution in [1.29, 1.82) is 0 Å². The summed E-state index contributed by atoms with van der Waals surface area (Å²) in [6.45, 7) is -0.158. The van der Waals surface area contributed by atoms with Gasteiger partial charge in [0.15, 0.2) is 0 Å². The first-order valence-corrected chi connectivity index (χ1v) is 8.33. The SMILES string of the molecule is COC(=O)CNC(=O)Cc1csc(N=Nc2ccc(N(C)C)cc2)n1. The number of hydrogen-bond acceptors (Lipinski definition) is 8. The van der Waals surface area contributed by atoms with E-state index >= 15 is 0 Å². The van der Waals surface area contributed by atoms with E-state index in [4.69, 9.17) is 0 Å². The molecule has 0 spiro atoms. The van der Waals surface area contributed by atoms with Gasteiger partial charge in [0.25, 0.3) is 0 Å². The normalized spacial score (nSPS) is 10.7. The van der Waals surface area contributed by atoms with Gasteiger partial charge in [0, 0.05) is 25.2 Å². The number of hydrogen-bond donors (Lipinski definition) is 1. The van der Waals surface area contributed by atoms with Crippen molar-refractivity contribution >= 4 is 39.7 Å². The van der Waals surface area contributed by atoms with Gasteiger partial charge in [-0.05, 0) is 24.3 Å². The minimum atomic E-state index is -0.499. The van der Waals surface area contributed by atoms with E-state index in [2.05, 4.69) is 25.3 Å². The summed E-state index contributed by atoms with van der Waals surface area (Å²) in [5.74, 6) is -0.806. The van der Waals surface area contributed by atoms with Crippen molar-refractivity contribution in [1.82, 2.24) is 10.3 Å². The number of nitrogens with zero attached hydrogens (tertiary/aromatic N) is 4. The predicted molar refractivity (Wildman–Crippen MR) is 95.8 cm³/mol. The van der Waals surface area contributed by atoms with Crippen LogP contribution in [0, 0.1) is 0 Å². The van der Waals surface area contributed by atoms with Crippen molar-refractivity contribution < 1.29 is 14.3 Å². The Morgan fingerprint density at radius 3 is 2.60 bits per heavy atom. The molecule has 0 radical (unpaired) electrons. The summed E-state index contributed by atoms with van der Waals surface area (Å²) in [5.41, 5.74) is 2.37. The molecule has 0 aliphatic heterocycles. The molecule has 132 valence electrons. The summed E-state index contributed by atoms with van der Waals surface area (Å²) >= 11 is 1.30. The number of esters is 1. The van der Waals surface area contributed by atoms with Gasteiger partial charge in [-0.1, -0.05) is 0 Å². The van der Waals surface area contributed by atoms with Crippen molar-refractivity contribution in [2.45, 2.75) is 6.42 Å². The largest absolute Gasteiger partial charge is 0.468 e. The molecule has 0 atom stereocenters. The Labute approximate surface area is 149 Å². The standard InChI is InChI=1S/C16H19N5O3S/c1-21(2)13-6-4-11(5-7-13)19-20-16-18-12(10-25-16)8-14(22)17-9-15(23)24-3/h4-7,10H,8-9H2,1-3H3,(H,17,22). The van der Waals surface area contributed by atoms with Crippen LogP contribution in [0.15, 0.2) is 39.9 Å². The molecule has 9 heteroatoms. The van der Waals surface area contributed by atoms with Crippen LogP contribution < -0.4 is 10.2 Å². The Hall–Kier alpha value is -2.81. The lowest BCUT2D eigenvalue weighted by Gasteiger charge is -2.11. The van der Waals surface area contributed by atoms with Gasteiger partial charge < -0.3 is 15.0 Å². The number of benzene rings is 1. The van der Waals surface area contributed by atoms with Gasteiger partial charge in [0.05, 0.1) is 24.9 Å². The van der Waals surface area contributed by atoms with Gasteiger partial charge in [-0.25, -0.2) is 4.98 Å². The van der Waals surface area contributed by atoms with Crippen LogP contribution in [0.25, 0.3) is 0 Å². The molecule has 2 aromatic rings. The summed E-state index contributed by atoms with van der Waals surface area (Å²) in [5, 5.41) is 12.9. The highest BCUT2D eigenvalue weighted by Gasteiger charge is 2.09. The molecule has 0 saturated heterocycles. The number of methoxy groups -OCH3 is 1. The number of thiazole rings is 1. The maximum absolute atomic E-state index is 11.7. The monoisotopic (exact) mass is 361 g/mol. The molecule has 1 heterocycles. The van der Waals surface area contributed by atoms with E-state index in [0.29, 0.717) is 10.8 Å². The smallest absolute Gasteiger partial charge is 0.325 e. The molecule has 0 aliphatic carbocycles. The molecule has 0 fully saturated rings. The first kappa shape index (κ1) is 18.5. The Morgan fingerprint density at radius 2 is 1.96 bits per heavy atom. The molecule has 8 nitrogen and oxygen atoms in total. The number of ether oxygens (including phenoxy) is 1. The van der Waals surface area contributed by atoms with E-state index in [0.717, 1.165) is 11.4 Å². The molecule has 1 amide bonds. The number of amides is 1. The Morgan fingerprint density at radius 1 is 1.24 bits per heavy atom. The van der Waals surface area contributed by atoms with Gasteiger partial charge in [-0.2, -0.15) is 0 Å².